The van der Waals surface area contributed by atoms with E-state index in [0.29, 0.717) is 0 Å². The molecule has 3 N–H and O–H groups in total. The molecule has 100 valence electrons. The lowest BCUT2D eigenvalue weighted by Gasteiger charge is -2.07. The van der Waals surface area contributed by atoms with Gasteiger partial charge in [0.25, 0.3) is 0 Å². The summed E-state index contributed by atoms with van der Waals surface area (Å²) < 4.78 is 35.4. The van der Waals surface area contributed by atoms with Gasteiger partial charge < -0.3 is 11.1 Å². The molecule has 6 nitrogen and oxygen atoms in total. The van der Waals surface area contributed by atoms with E-state index >= 15 is 0 Å². The fourth-order valence-electron chi connectivity index (χ4n) is 1.07. The largest absolute Gasteiger partial charge is 0.441 e. The summed E-state index contributed by atoms with van der Waals surface area (Å²) in [5, 5.41) is 13.0. The second kappa shape index (κ2) is 5.76. The maximum absolute atomic E-state index is 11.8. The third kappa shape index (κ3) is 4.65. The molecule has 1 rings (SSSR count). The van der Waals surface area contributed by atoms with E-state index in [1.54, 1.807) is 0 Å². The summed E-state index contributed by atoms with van der Waals surface area (Å²) >= 11 is -0.165. The molecule has 18 heavy (non-hydrogen) atoms. The highest BCUT2D eigenvalue weighted by molar-refractivity contribution is 8.00. The van der Waals surface area contributed by atoms with Crippen LogP contribution in [0.5, 0.6) is 0 Å². The molecule has 0 aromatic carbocycles. The van der Waals surface area contributed by atoms with E-state index < -0.39 is 10.4 Å². The number of alkyl halides is 3. The summed E-state index contributed by atoms with van der Waals surface area (Å²) in [6, 6.07) is 2.42. The molecule has 0 saturated heterocycles. The quantitative estimate of drug-likeness (QED) is 0.488. The molecule has 1 heterocycles. The van der Waals surface area contributed by atoms with Crippen molar-refractivity contribution in [1.29, 1.82) is 0 Å². The van der Waals surface area contributed by atoms with Gasteiger partial charge in [-0.25, -0.2) is 4.98 Å². The second-order valence-electron chi connectivity index (χ2n) is 3.08. The van der Waals surface area contributed by atoms with Crippen LogP contribution in [0.15, 0.2) is 12.1 Å². The van der Waals surface area contributed by atoms with Gasteiger partial charge in [0.15, 0.2) is 0 Å². The average molecular weight is 282 g/mol. The van der Waals surface area contributed by atoms with Crippen LogP contribution in [0.2, 0.25) is 0 Å². The first-order valence-corrected chi connectivity index (χ1v) is 5.63. The van der Waals surface area contributed by atoms with Gasteiger partial charge in [-0.3, -0.25) is 10.1 Å². The van der Waals surface area contributed by atoms with Gasteiger partial charge in [0.1, 0.15) is 5.82 Å². The molecule has 0 aliphatic carbocycles. The minimum Gasteiger partial charge on any atom is -0.378 e. The molecule has 0 aliphatic rings. The number of halogens is 3. The molecule has 0 spiro atoms. The van der Waals surface area contributed by atoms with Gasteiger partial charge in [-0.2, -0.15) is 13.2 Å². The van der Waals surface area contributed by atoms with Crippen LogP contribution in [-0.2, 0) is 0 Å². The normalized spacial score (nSPS) is 11.3. The van der Waals surface area contributed by atoms with Crippen molar-refractivity contribution < 1.29 is 18.1 Å². The summed E-state index contributed by atoms with van der Waals surface area (Å²) in [5.74, 6) is -0.281. The Morgan fingerprint density at radius 2 is 2.17 bits per heavy atom. The van der Waals surface area contributed by atoms with Gasteiger partial charge in [-0.1, -0.05) is 0 Å². The molecule has 0 bridgehead atoms. The number of hydrogen-bond acceptors (Lipinski definition) is 6. The molecule has 0 amide bonds. The topological polar surface area (TPSA) is 94.1 Å². The van der Waals surface area contributed by atoms with Crippen LogP contribution in [0.4, 0.5) is 30.5 Å². The Morgan fingerprint density at radius 1 is 1.50 bits per heavy atom. The van der Waals surface area contributed by atoms with Crippen molar-refractivity contribution in [2.45, 2.75) is 5.51 Å². The van der Waals surface area contributed by atoms with Crippen LogP contribution in [0.1, 0.15) is 0 Å². The number of hydrogen-bond donors (Lipinski definition) is 2. The van der Waals surface area contributed by atoms with Crippen molar-refractivity contribution in [3.05, 3.63) is 22.2 Å². The lowest BCUT2D eigenvalue weighted by atomic mass is 10.4. The highest BCUT2D eigenvalue weighted by Crippen LogP contribution is 2.29. The molecular weight excluding hydrogens is 273 g/mol. The number of nitrogens with two attached hydrogens (primary N) is 1. The van der Waals surface area contributed by atoms with Gasteiger partial charge in [-0.15, -0.1) is 0 Å². The lowest BCUT2D eigenvalue weighted by molar-refractivity contribution is -0.384. The van der Waals surface area contributed by atoms with Gasteiger partial charge in [0.2, 0.25) is 5.82 Å². The number of aromatic nitrogens is 1. The summed E-state index contributed by atoms with van der Waals surface area (Å²) in [6.07, 6.45) is 0. The number of thioether (sulfide) groups is 1. The van der Waals surface area contributed by atoms with Crippen LogP contribution in [0, 0.1) is 10.1 Å². The Hall–Kier alpha value is -1.71. The van der Waals surface area contributed by atoms with Crippen molar-refractivity contribution in [3.8, 4) is 0 Å². The van der Waals surface area contributed by atoms with E-state index in [1.165, 1.54) is 6.07 Å². The van der Waals surface area contributed by atoms with Gasteiger partial charge in [-0.05, 0) is 17.8 Å². The monoisotopic (exact) mass is 282 g/mol. The number of pyridine rings is 1. The zero-order valence-electron chi connectivity index (χ0n) is 8.90. The molecule has 0 fully saturated rings. The Bertz CT molecular complexity index is 441. The summed E-state index contributed by atoms with van der Waals surface area (Å²) in [6.45, 7) is 0.0222. The predicted octanol–water partition coefficient (Wildman–Crippen LogP) is 2.24. The third-order valence-corrected chi connectivity index (χ3v) is 2.51. The maximum Gasteiger partial charge on any atom is 0.441 e. The average Bonchev–Trinajstić information content (AvgIpc) is 2.22. The number of nitrogen functional groups attached to an aromatic ring is 1. The first-order chi connectivity index (χ1) is 8.29. The minimum atomic E-state index is -4.27. The zero-order chi connectivity index (χ0) is 13.8. The van der Waals surface area contributed by atoms with Gasteiger partial charge >= 0.3 is 11.2 Å². The summed E-state index contributed by atoms with van der Waals surface area (Å²) in [7, 11) is 0. The van der Waals surface area contributed by atoms with Crippen molar-refractivity contribution in [1.82, 2.24) is 4.98 Å². The van der Waals surface area contributed by atoms with Crippen LogP contribution in [0.25, 0.3) is 0 Å². The van der Waals surface area contributed by atoms with E-state index in [4.69, 9.17) is 5.73 Å². The number of anilines is 2. The highest BCUT2D eigenvalue weighted by atomic mass is 32.2. The molecule has 0 aliphatic heterocycles. The number of nitrogens with one attached hydrogen (secondary N) is 1. The zero-order valence-corrected chi connectivity index (χ0v) is 9.72. The Balaban J connectivity index is 2.49. The molecule has 0 unspecified atom stereocenters. The Labute approximate surface area is 104 Å². The Kier molecular flexibility index (Phi) is 4.59. The summed E-state index contributed by atoms with van der Waals surface area (Å²) in [5.41, 5.74) is 0.701. The first kappa shape index (κ1) is 14.4. The van der Waals surface area contributed by atoms with Crippen LogP contribution in [0.3, 0.4) is 0 Å². The number of nitro groups is 1. The molecular formula is C8H9F3N4O2S. The fourth-order valence-corrected chi connectivity index (χ4v) is 1.50. The van der Waals surface area contributed by atoms with Crippen molar-refractivity contribution in [2.24, 2.45) is 0 Å². The van der Waals surface area contributed by atoms with Crippen LogP contribution in [-0.4, -0.2) is 27.7 Å². The second-order valence-corrected chi connectivity index (χ2v) is 4.24. The molecule has 1 aromatic rings. The van der Waals surface area contributed by atoms with E-state index in [9.17, 15) is 23.3 Å². The molecule has 1 aromatic heterocycles. The number of rotatable bonds is 5. The Morgan fingerprint density at radius 3 is 2.67 bits per heavy atom. The standard InChI is InChI=1S/C8H9F3N4O2S/c9-8(10,11)18-4-3-13-6-2-1-5(15(16)17)7(12)14-6/h1-2H,3-4H2,(H3,12,13,14). The van der Waals surface area contributed by atoms with E-state index in [1.807, 2.05) is 0 Å². The van der Waals surface area contributed by atoms with Crippen molar-refractivity contribution in [2.75, 3.05) is 23.3 Å². The van der Waals surface area contributed by atoms with E-state index in [2.05, 4.69) is 10.3 Å². The van der Waals surface area contributed by atoms with E-state index in [0.717, 1.165) is 6.07 Å². The fraction of sp³-hybridized carbons (Fsp3) is 0.375. The smallest absolute Gasteiger partial charge is 0.378 e. The number of nitrogens with zero attached hydrogens (tertiary/aromatic N) is 2. The van der Waals surface area contributed by atoms with Gasteiger partial charge in [0, 0.05) is 18.4 Å². The maximum atomic E-state index is 11.8. The predicted molar refractivity (Wildman–Crippen MR) is 62.3 cm³/mol. The molecule has 0 atom stereocenters. The van der Waals surface area contributed by atoms with Crippen molar-refractivity contribution >= 4 is 29.1 Å². The molecule has 10 heteroatoms. The molecule has 0 radical (unpaired) electrons. The van der Waals surface area contributed by atoms with Gasteiger partial charge in [0.05, 0.1) is 4.92 Å². The van der Waals surface area contributed by atoms with Crippen LogP contribution < -0.4 is 11.1 Å². The minimum absolute atomic E-state index is 0.0222. The van der Waals surface area contributed by atoms with E-state index in [-0.39, 0.29) is 41.4 Å². The molecule has 0 saturated carbocycles. The van der Waals surface area contributed by atoms with Crippen LogP contribution >= 0.6 is 11.8 Å². The third-order valence-electron chi connectivity index (χ3n) is 1.77. The first-order valence-electron chi connectivity index (χ1n) is 4.65. The highest BCUT2D eigenvalue weighted by Gasteiger charge is 2.27. The summed E-state index contributed by atoms with van der Waals surface area (Å²) in [4.78, 5) is 13.4. The lowest BCUT2D eigenvalue weighted by Crippen LogP contribution is -2.11. The van der Waals surface area contributed by atoms with Crippen molar-refractivity contribution in [3.63, 3.8) is 0 Å². The SMILES string of the molecule is Nc1nc(NCCSC(F)(F)F)ccc1[N+](=O)[O-].